The van der Waals surface area contributed by atoms with Crippen molar-refractivity contribution in [3.63, 3.8) is 0 Å². The number of phenolic OH excluding ortho intramolecular Hbond substituents is 1. The van der Waals surface area contributed by atoms with Crippen LogP contribution in [0.15, 0.2) is 115 Å². The summed E-state index contributed by atoms with van der Waals surface area (Å²) in [5.41, 5.74) is 5.18. The van der Waals surface area contributed by atoms with E-state index in [1.54, 1.807) is 74.9 Å². The summed E-state index contributed by atoms with van der Waals surface area (Å²) in [6.45, 7) is 0. The summed E-state index contributed by atoms with van der Waals surface area (Å²) in [5.74, 6) is -4.11. The monoisotopic (exact) mass is 899 g/mol. The van der Waals surface area contributed by atoms with Crippen molar-refractivity contribution < 1.29 is 43.2 Å². The summed E-state index contributed by atoms with van der Waals surface area (Å²) in [6.07, 6.45) is 5.97. The van der Waals surface area contributed by atoms with Crippen LogP contribution in [0, 0.1) is 23.7 Å². The fraction of sp³-hybridized carbons (Fsp3) is 0.240. The molecule has 6 unspecified atom stereocenters. The van der Waals surface area contributed by atoms with Gasteiger partial charge in [-0.2, -0.15) is 5.01 Å². The molecule has 64 heavy (non-hydrogen) atoms. The number of allylic oxidation sites excluding steroid dienone is 2. The zero-order chi connectivity index (χ0) is 45.0. The van der Waals surface area contributed by atoms with Crippen molar-refractivity contribution in [2.24, 2.45) is 23.7 Å². The number of benzene rings is 5. The van der Waals surface area contributed by atoms with Crippen LogP contribution >= 0.6 is 23.2 Å². The number of fused-ring (bicyclic) bond motifs is 4. The van der Waals surface area contributed by atoms with Gasteiger partial charge in [-0.3, -0.25) is 29.5 Å². The molecular formula is C50H43Cl2N3O9. The maximum absolute atomic E-state index is 15.6. The molecule has 0 bridgehead atoms. The van der Waals surface area contributed by atoms with Crippen LogP contribution in [0.4, 0.5) is 11.4 Å². The quantitative estimate of drug-likeness (QED) is 0.0749. The molecule has 2 saturated heterocycles. The van der Waals surface area contributed by atoms with Gasteiger partial charge in [0.1, 0.15) is 28.7 Å². The standard InChI is InChI=1S/C50H43Cl2N3O9/c1-61-32-14-9-29(10-15-32)50-39(47(58)55(49(50)60)53-41-21-11-30(51)24-40(41)52)26-38-35(45(50)36-18-16-34(63-3)25-42(36)56)19-20-37-44(38)48(59)54(46(37)57)31-12-6-27(7-13-31)5-8-28-23-33(62-2)17-22-43(28)64-4/h5-19,21-25,37-39,44-45,53,56H,20,26H2,1-4H3. The highest BCUT2D eigenvalue weighted by Crippen LogP contribution is 2.65. The Morgan fingerprint density at radius 3 is 2.08 bits per heavy atom. The van der Waals surface area contributed by atoms with Crippen molar-refractivity contribution in [3.05, 3.63) is 147 Å². The Morgan fingerprint density at radius 1 is 0.719 bits per heavy atom. The molecule has 4 amide bonds. The number of methoxy groups -OCH3 is 4. The van der Waals surface area contributed by atoms with E-state index in [0.29, 0.717) is 50.4 Å². The van der Waals surface area contributed by atoms with E-state index >= 15 is 9.59 Å². The minimum Gasteiger partial charge on any atom is -0.508 e. The van der Waals surface area contributed by atoms with Gasteiger partial charge in [-0.05, 0) is 96.6 Å². The minimum atomic E-state index is -1.65. The molecule has 6 atom stereocenters. The maximum atomic E-state index is 15.6. The number of hydrazine groups is 1. The molecule has 9 rings (SSSR count). The van der Waals surface area contributed by atoms with Gasteiger partial charge < -0.3 is 24.1 Å². The molecule has 14 heteroatoms. The van der Waals surface area contributed by atoms with E-state index < -0.39 is 52.7 Å². The minimum absolute atomic E-state index is 0.0495. The fourth-order valence-electron chi connectivity index (χ4n) is 10.2. The van der Waals surface area contributed by atoms with Gasteiger partial charge in [0.2, 0.25) is 11.8 Å². The molecule has 5 aromatic rings. The lowest BCUT2D eigenvalue weighted by molar-refractivity contribution is -0.138. The van der Waals surface area contributed by atoms with Crippen molar-refractivity contribution in [1.82, 2.24) is 5.01 Å². The highest BCUT2D eigenvalue weighted by atomic mass is 35.5. The summed E-state index contributed by atoms with van der Waals surface area (Å²) in [7, 11) is 6.20. The SMILES string of the molecule is COc1ccc(C23C(=O)N(Nc4ccc(Cl)cc4Cl)C(=O)C2CC2C(=CCC4C(=O)N(c5ccc(C=Cc6cc(OC)ccc6OC)cc5)C(=O)C42)C3c2ccc(OC)cc2O)cc1. The number of nitrogens with zero attached hydrogens (tertiary/aromatic N) is 2. The van der Waals surface area contributed by atoms with Gasteiger partial charge in [0, 0.05) is 28.1 Å². The number of amides is 4. The van der Waals surface area contributed by atoms with Gasteiger partial charge in [0.05, 0.1) is 68.0 Å². The van der Waals surface area contributed by atoms with E-state index in [9.17, 15) is 14.7 Å². The Bertz CT molecular complexity index is 2770. The van der Waals surface area contributed by atoms with Crippen molar-refractivity contribution in [2.45, 2.75) is 24.2 Å². The van der Waals surface area contributed by atoms with Crippen molar-refractivity contribution in [2.75, 3.05) is 38.8 Å². The van der Waals surface area contributed by atoms with Crippen LogP contribution in [0.2, 0.25) is 10.0 Å². The van der Waals surface area contributed by atoms with E-state index in [0.717, 1.165) is 16.1 Å². The van der Waals surface area contributed by atoms with Gasteiger partial charge in [-0.1, -0.05) is 77.3 Å². The first-order chi connectivity index (χ1) is 30.9. The number of carbonyl (C=O) groups excluding carboxylic acids is 4. The summed E-state index contributed by atoms with van der Waals surface area (Å²) >= 11 is 12.8. The Morgan fingerprint density at radius 2 is 1.41 bits per heavy atom. The normalized spacial score (nSPS) is 23.7. The molecule has 3 fully saturated rings. The largest absolute Gasteiger partial charge is 0.508 e. The Labute approximate surface area is 379 Å². The molecule has 4 aliphatic rings. The fourth-order valence-corrected chi connectivity index (χ4v) is 10.7. The lowest BCUT2D eigenvalue weighted by Crippen LogP contribution is -2.53. The molecule has 0 spiro atoms. The van der Waals surface area contributed by atoms with E-state index in [1.807, 2.05) is 48.6 Å². The van der Waals surface area contributed by atoms with Crippen LogP contribution < -0.4 is 29.3 Å². The van der Waals surface area contributed by atoms with Crippen LogP contribution in [0.1, 0.15) is 41.0 Å². The topological polar surface area (TPSA) is 144 Å². The van der Waals surface area contributed by atoms with Gasteiger partial charge in [0.25, 0.3) is 11.8 Å². The number of imide groups is 2. The zero-order valence-electron chi connectivity index (χ0n) is 35.2. The summed E-state index contributed by atoms with van der Waals surface area (Å²) in [4.78, 5) is 61.3. The lowest BCUT2D eigenvalue weighted by Gasteiger charge is -2.50. The molecule has 2 aliphatic carbocycles. The lowest BCUT2D eigenvalue weighted by atomic mass is 9.49. The molecule has 12 nitrogen and oxygen atoms in total. The number of hydrogen-bond acceptors (Lipinski definition) is 10. The molecule has 1 saturated carbocycles. The third-order valence-corrected chi connectivity index (χ3v) is 13.7. The van der Waals surface area contributed by atoms with Crippen molar-refractivity contribution in [3.8, 4) is 28.7 Å². The number of rotatable bonds is 11. The summed E-state index contributed by atoms with van der Waals surface area (Å²) in [5, 5.41) is 13.4. The number of aromatic hydroxyl groups is 1. The number of anilines is 2. The Hall–Kier alpha value is -6.76. The zero-order valence-corrected chi connectivity index (χ0v) is 36.7. The van der Waals surface area contributed by atoms with E-state index in [-0.39, 0.29) is 35.2 Å². The van der Waals surface area contributed by atoms with Gasteiger partial charge in [-0.15, -0.1) is 0 Å². The molecule has 2 aliphatic heterocycles. The second kappa shape index (κ2) is 16.7. The number of phenols is 1. The summed E-state index contributed by atoms with van der Waals surface area (Å²) in [6, 6.07) is 29.1. The number of carbonyl (C=O) groups is 4. The predicted molar refractivity (Wildman–Crippen MR) is 243 cm³/mol. The van der Waals surface area contributed by atoms with Crippen LogP contribution in [-0.2, 0) is 24.6 Å². The van der Waals surface area contributed by atoms with Gasteiger partial charge >= 0.3 is 0 Å². The smallest absolute Gasteiger partial charge is 0.260 e. The van der Waals surface area contributed by atoms with E-state index in [2.05, 4.69) is 5.43 Å². The average molecular weight is 901 g/mol. The molecular weight excluding hydrogens is 857 g/mol. The van der Waals surface area contributed by atoms with Crippen LogP contribution in [0.25, 0.3) is 12.2 Å². The molecule has 0 aromatic heterocycles. The van der Waals surface area contributed by atoms with Gasteiger partial charge in [0.15, 0.2) is 0 Å². The first-order valence-electron chi connectivity index (χ1n) is 20.6. The highest BCUT2D eigenvalue weighted by Gasteiger charge is 2.70. The first-order valence-corrected chi connectivity index (χ1v) is 21.4. The molecule has 2 heterocycles. The average Bonchev–Trinajstić information content (AvgIpc) is 3.69. The number of ether oxygens (including phenoxy) is 4. The Balaban J connectivity index is 1.13. The van der Waals surface area contributed by atoms with Crippen LogP contribution in [0.3, 0.4) is 0 Å². The molecule has 326 valence electrons. The Kier molecular flexibility index (Phi) is 11.1. The highest BCUT2D eigenvalue weighted by molar-refractivity contribution is 6.36. The second-order valence-electron chi connectivity index (χ2n) is 16.2. The third-order valence-electron chi connectivity index (χ3n) is 13.2. The van der Waals surface area contributed by atoms with Gasteiger partial charge in [-0.25, -0.2) is 0 Å². The van der Waals surface area contributed by atoms with Crippen LogP contribution in [-0.4, -0.2) is 62.2 Å². The third kappa shape index (κ3) is 6.83. The second-order valence-corrected chi connectivity index (χ2v) is 17.0. The number of nitrogens with one attached hydrogen (secondary N) is 1. The molecule has 2 N–H and O–H groups in total. The van der Waals surface area contributed by atoms with Crippen molar-refractivity contribution in [1.29, 1.82) is 0 Å². The maximum Gasteiger partial charge on any atom is 0.260 e. The van der Waals surface area contributed by atoms with E-state index in [1.165, 1.54) is 31.3 Å². The summed E-state index contributed by atoms with van der Waals surface area (Å²) < 4.78 is 21.9. The first kappa shape index (κ1) is 42.5. The molecule has 5 aromatic carbocycles. The van der Waals surface area contributed by atoms with E-state index in [4.69, 9.17) is 42.1 Å². The predicted octanol–water partition coefficient (Wildman–Crippen LogP) is 9.09. The number of hydrogen-bond donors (Lipinski definition) is 2. The molecule has 0 radical (unpaired) electrons. The van der Waals surface area contributed by atoms with Crippen LogP contribution in [0.5, 0.6) is 28.7 Å². The number of halogens is 2. The van der Waals surface area contributed by atoms with Crippen molar-refractivity contribution >= 4 is 70.4 Å².